The largest absolute Gasteiger partial charge is 0.493 e. The van der Waals surface area contributed by atoms with Crippen molar-refractivity contribution < 1.29 is 14.3 Å². The number of para-hydroxylation sites is 2. The standard InChI is InChI=1S/C24H31N3O3/c1-18-9-6-12-22(19(18)2)30-16-8-15-27-21-11-5-4-10-20(21)26-23(27)13-7-14-25-24(28)17-29-3/h4-6,9-12H,7-8,13-17H2,1-3H3,(H,25,28). The molecule has 1 heterocycles. The number of hydrogen-bond acceptors (Lipinski definition) is 4. The van der Waals surface area contributed by atoms with Crippen molar-refractivity contribution in [2.24, 2.45) is 0 Å². The van der Waals surface area contributed by atoms with Crippen LogP contribution in [0.25, 0.3) is 11.0 Å². The molecule has 0 radical (unpaired) electrons. The molecule has 6 heteroatoms. The van der Waals surface area contributed by atoms with Crippen LogP contribution in [0.1, 0.15) is 29.8 Å². The van der Waals surface area contributed by atoms with Crippen LogP contribution in [0.3, 0.4) is 0 Å². The topological polar surface area (TPSA) is 65.4 Å². The summed E-state index contributed by atoms with van der Waals surface area (Å²) in [6, 6.07) is 14.4. The Bertz CT molecular complexity index is 981. The van der Waals surface area contributed by atoms with E-state index in [2.05, 4.69) is 35.9 Å². The lowest BCUT2D eigenvalue weighted by atomic mass is 10.1. The number of aryl methyl sites for hydroxylation is 3. The molecule has 0 aliphatic rings. The Morgan fingerprint density at radius 2 is 1.93 bits per heavy atom. The van der Waals surface area contributed by atoms with Gasteiger partial charge in [0.1, 0.15) is 18.2 Å². The molecule has 0 fully saturated rings. The van der Waals surface area contributed by atoms with Gasteiger partial charge in [-0.1, -0.05) is 24.3 Å². The van der Waals surface area contributed by atoms with Gasteiger partial charge in [-0.25, -0.2) is 4.98 Å². The summed E-state index contributed by atoms with van der Waals surface area (Å²) in [6.45, 7) is 6.40. The van der Waals surface area contributed by atoms with E-state index in [1.165, 1.54) is 18.2 Å². The fourth-order valence-corrected chi connectivity index (χ4v) is 3.51. The zero-order valence-corrected chi connectivity index (χ0v) is 18.1. The minimum Gasteiger partial charge on any atom is -0.493 e. The zero-order valence-electron chi connectivity index (χ0n) is 18.1. The molecule has 2 aromatic carbocycles. The summed E-state index contributed by atoms with van der Waals surface area (Å²) in [4.78, 5) is 16.3. The van der Waals surface area contributed by atoms with E-state index in [-0.39, 0.29) is 12.5 Å². The first-order chi connectivity index (χ1) is 14.6. The molecule has 0 spiro atoms. The molecule has 0 saturated heterocycles. The smallest absolute Gasteiger partial charge is 0.245 e. The lowest BCUT2D eigenvalue weighted by Crippen LogP contribution is -2.28. The summed E-state index contributed by atoms with van der Waals surface area (Å²) < 4.78 is 13.1. The highest BCUT2D eigenvalue weighted by Crippen LogP contribution is 2.21. The molecule has 30 heavy (non-hydrogen) atoms. The van der Waals surface area contributed by atoms with Crippen LogP contribution in [0.4, 0.5) is 0 Å². The van der Waals surface area contributed by atoms with E-state index < -0.39 is 0 Å². The second-order valence-corrected chi connectivity index (χ2v) is 7.45. The van der Waals surface area contributed by atoms with Crippen LogP contribution in [-0.2, 0) is 22.5 Å². The molecule has 1 aromatic heterocycles. The highest BCUT2D eigenvalue weighted by atomic mass is 16.5. The highest BCUT2D eigenvalue weighted by molar-refractivity contribution is 5.77. The third-order valence-corrected chi connectivity index (χ3v) is 5.25. The van der Waals surface area contributed by atoms with Crippen LogP contribution in [0.5, 0.6) is 5.75 Å². The molecule has 0 atom stereocenters. The van der Waals surface area contributed by atoms with Crippen LogP contribution >= 0.6 is 0 Å². The number of nitrogens with one attached hydrogen (secondary N) is 1. The molecule has 0 aliphatic heterocycles. The van der Waals surface area contributed by atoms with Gasteiger partial charge in [-0.2, -0.15) is 0 Å². The lowest BCUT2D eigenvalue weighted by Gasteiger charge is -2.13. The molecular formula is C24H31N3O3. The normalized spacial score (nSPS) is 11.0. The first-order valence-corrected chi connectivity index (χ1v) is 10.5. The van der Waals surface area contributed by atoms with Crippen molar-refractivity contribution in [3.63, 3.8) is 0 Å². The number of benzene rings is 2. The Hall–Kier alpha value is -2.86. The Morgan fingerprint density at radius 3 is 2.77 bits per heavy atom. The van der Waals surface area contributed by atoms with E-state index in [9.17, 15) is 4.79 Å². The number of methoxy groups -OCH3 is 1. The van der Waals surface area contributed by atoms with Gasteiger partial charge in [-0.3, -0.25) is 4.79 Å². The molecule has 0 aliphatic carbocycles. The SMILES string of the molecule is COCC(=O)NCCCc1nc2ccccc2n1CCCOc1cccc(C)c1C. The van der Waals surface area contributed by atoms with Crippen molar-refractivity contribution in [3.05, 3.63) is 59.4 Å². The van der Waals surface area contributed by atoms with Gasteiger partial charge in [-0.05, 0) is 56.0 Å². The third kappa shape index (κ3) is 5.60. The summed E-state index contributed by atoms with van der Waals surface area (Å²) in [5, 5.41) is 2.87. The molecule has 3 rings (SSSR count). The van der Waals surface area contributed by atoms with Gasteiger partial charge in [0.2, 0.25) is 5.91 Å². The average molecular weight is 410 g/mol. The van der Waals surface area contributed by atoms with E-state index in [1.54, 1.807) is 0 Å². The lowest BCUT2D eigenvalue weighted by molar-refractivity contribution is -0.124. The first-order valence-electron chi connectivity index (χ1n) is 10.5. The quantitative estimate of drug-likeness (QED) is 0.489. The maximum absolute atomic E-state index is 11.5. The van der Waals surface area contributed by atoms with E-state index >= 15 is 0 Å². The summed E-state index contributed by atoms with van der Waals surface area (Å²) >= 11 is 0. The fourth-order valence-electron chi connectivity index (χ4n) is 3.51. The van der Waals surface area contributed by atoms with Crippen LogP contribution in [0.15, 0.2) is 42.5 Å². The minimum atomic E-state index is -0.0883. The number of nitrogens with zero attached hydrogens (tertiary/aromatic N) is 2. The zero-order chi connectivity index (χ0) is 21.3. The third-order valence-electron chi connectivity index (χ3n) is 5.25. The van der Waals surface area contributed by atoms with Crippen LogP contribution in [0, 0.1) is 13.8 Å². The van der Waals surface area contributed by atoms with Gasteiger partial charge < -0.3 is 19.4 Å². The van der Waals surface area contributed by atoms with Gasteiger partial charge in [0.25, 0.3) is 0 Å². The summed E-state index contributed by atoms with van der Waals surface area (Å²) in [5.74, 6) is 1.91. The van der Waals surface area contributed by atoms with Crippen molar-refractivity contribution in [2.75, 3.05) is 26.9 Å². The van der Waals surface area contributed by atoms with Crippen molar-refractivity contribution in [1.82, 2.24) is 14.9 Å². The number of hydrogen-bond donors (Lipinski definition) is 1. The molecular weight excluding hydrogens is 378 g/mol. The minimum absolute atomic E-state index is 0.0883. The Balaban J connectivity index is 1.59. The Morgan fingerprint density at radius 1 is 1.10 bits per heavy atom. The van der Waals surface area contributed by atoms with E-state index in [0.717, 1.165) is 48.4 Å². The molecule has 160 valence electrons. The fraction of sp³-hybridized carbons (Fsp3) is 0.417. The molecule has 1 N–H and O–H groups in total. The number of aromatic nitrogens is 2. The predicted molar refractivity (Wildman–Crippen MR) is 119 cm³/mol. The van der Waals surface area contributed by atoms with Crippen molar-refractivity contribution >= 4 is 16.9 Å². The molecule has 0 bridgehead atoms. The molecule has 3 aromatic rings. The van der Waals surface area contributed by atoms with Gasteiger partial charge in [0, 0.05) is 26.6 Å². The monoisotopic (exact) mass is 409 g/mol. The summed E-state index contributed by atoms with van der Waals surface area (Å²) in [5.41, 5.74) is 4.59. The van der Waals surface area contributed by atoms with Crippen molar-refractivity contribution in [1.29, 1.82) is 0 Å². The van der Waals surface area contributed by atoms with Crippen LogP contribution in [0.2, 0.25) is 0 Å². The van der Waals surface area contributed by atoms with E-state index in [0.29, 0.717) is 13.2 Å². The van der Waals surface area contributed by atoms with Gasteiger partial charge in [-0.15, -0.1) is 0 Å². The average Bonchev–Trinajstić information content (AvgIpc) is 3.09. The number of fused-ring (bicyclic) bond motifs is 1. The number of ether oxygens (including phenoxy) is 2. The maximum atomic E-state index is 11.5. The molecule has 1 amide bonds. The van der Waals surface area contributed by atoms with Gasteiger partial charge >= 0.3 is 0 Å². The van der Waals surface area contributed by atoms with Crippen molar-refractivity contribution in [3.8, 4) is 5.75 Å². The predicted octanol–water partition coefficient (Wildman–Crippen LogP) is 3.82. The van der Waals surface area contributed by atoms with Crippen LogP contribution < -0.4 is 10.1 Å². The van der Waals surface area contributed by atoms with Crippen LogP contribution in [-0.4, -0.2) is 42.3 Å². The van der Waals surface area contributed by atoms with Crippen molar-refractivity contribution in [2.45, 2.75) is 39.7 Å². The number of rotatable bonds is 11. The second kappa shape index (κ2) is 10.8. The number of carbonyl (C=O) groups is 1. The molecule has 6 nitrogen and oxygen atoms in total. The second-order valence-electron chi connectivity index (χ2n) is 7.45. The van der Waals surface area contributed by atoms with Gasteiger partial charge in [0.15, 0.2) is 0 Å². The Kier molecular flexibility index (Phi) is 7.85. The number of imidazole rings is 1. The van der Waals surface area contributed by atoms with E-state index in [1.807, 2.05) is 30.3 Å². The molecule has 0 unspecified atom stereocenters. The number of carbonyl (C=O) groups excluding carboxylic acids is 1. The van der Waals surface area contributed by atoms with E-state index in [4.69, 9.17) is 14.5 Å². The number of amides is 1. The highest BCUT2D eigenvalue weighted by Gasteiger charge is 2.11. The van der Waals surface area contributed by atoms with Gasteiger partial charge in [0.05, 0.1) is 17.6 Å². The maximum Gasteiger partial charge on any atom is 0.245 e. The molecule has 0 saturated carbocycles. The Labute approximate surface area is 178 Å². The summed E-state index contributed by atoms with van der Waals surface area (Å²) in [7, 11) is 1.52. The first kappa shape index (κ1) is 21.8. The summed E-state index contributed by atoms with van der Waals surface area (Å²) in [6.07, 6.45) is 2.53.